The molecule has 0 radical (unpaired) electrons. The van der Waals surface area contributed by atoms with Gasteiger partial charge in [0, 0.05) is 37.1 Å². The Kier molecular flexibility index (Phi) is 8.09. The van der Waals surface area contributed by atoms with Gasteiger partial charge in [-0.2, -0.15) is 13.2 Å². The molecule has 0 spiro atoms. The normalized spacial score (nSPS) is 11.6. The second-order valence-electron chi connectivity index (χ2n) is 7.67. The smallest absolute Gasteiger partial charge is 0.490 e. The van der Waals surface area contributed by atoms with Crippen molar-refractivity contribution >= 4 is 11.6 Å². The van der Waals surface area contributed by atoms with Crippen LogP contribution in [0.1, 0.15) is 27.2 Å². The first-order valence-corrected chi connectivity index (χ1v) is 9.71. The van der Waals surface area contributed by atoms with Crippen molar-refractivity contribution in [1.82, 2.24) is 9.38 Å². The molecular formula is C22H25F3N2O5. The highest BCUT2D eigenvalue weighted by molar-refractivity contribution is 5.73. The van der Waals surface area contributed by atoms with E-state index in [2.05, 4.69) is 4.98 Å². The monoisotopic (exact) mass is 454 g/mol. The van der Waals surface area contributed by atoms with Crippen LogP contribution >= 0.6 is 0 Å². The third-order valence-electron chi connectivity index (χ3n) is 3.88. The maximum Gasteiger partial charge on any atom is 0.490 e. The first-order chi connectivity index (χ1) is 14.9. The van der Waals surface area contributed by atoms with E-state index in [9.17, 15) is 13.2 Å². The lowest BCUT2D eigenvalue weighted by Gasteiger charge is -2.22. The molecule has 1 aromatic carbocycles. The number of hydrogen-bond donors (Lipinski definition) is 2. The van der Waals surface area contributed by atoms with Crippen molar-refractivity contribution in [3.8, 4) is 22.8 Å². The minimum atomic E-state index is -5.08. The number of rotatable bonds is 6. The van der Waals surface area contributed by atoms with E-state index in [-0.39, 0.29) is 12.2 Å². The molecule has 0 unspecified atom stereocenters. The van der Waals surface area contributed by atoms with Crippen LogP contribution in [-0.4, -0.2) is 50.6 Å². The number of aromatic nitrogens is 2. The van der Waals surface area contributed by atoms with Gasteiger partial charge in [-0.15, -0.1) is 0 Å². The second kappa shape index (κ2) is 10.4. The number of hydrogen-bond acceptors (Lipinski definition) is 5. The summed E-state index contributed by atoms with van der Waals surface area (Å²) >= 11 is 0. The molecule has 2 N–H and O–H groups in total. The van der Waals surface area contributed by atoms with Gasteiger partial charge in [0.2, 0.25) is 0 Å². The van der Waals surface area contributed by atoms with E-state index < -0.39 is 12.1 Å². The van der Waals surface area contributed by atoms with E-state index in [4.69, 9.17) is 24.5 Å². The van der Waals surface area contributed by atoms with Crippen LogP contribution in [0.25, 0.3) is 16.9 Å². The lowest BCUT2D eigenvalue weighted by atomic mass is 10.1. The summed E-state index contributed by atoms with van der Waals surface area (Å²) in [6.45, 7) is 6.59. The zero-order chi connectivity index (χ0) is 23.9. The number of aliphatic hydroxyl groups excluding tert-OH is 1. The maximum atomic E-state index is 10.6. The predicted molar refractivity (Wildman–Crippen MR) is 112 cm³/mol. The summed E-state index contributed by atoms with van der Waals surface area (Å²) in [6.07, 6.45) is -0.789. The lowest BCUT2D eigenvalue weighted by Crippen LogP contribution is -2.22. The predicted octanol–water partition coefficient (Wildman–Crippen LogP) is 4.57. The second-order valence-corrected chi connectivity index (χ2v) is 7.67. The van der Waals surface area contributed by atoms with Crippen LogP contribution in [0, 0.1) is 0 Å². The number of carbonyl (C=O) groups is 1. The van der Waals surface area contributed by atoms with Gasteiger partial charge in [-0.3, -0.25) is 4.40 Å². The number of fused-ring (bicyclic) bond motifs is 1. The number of alkyl halides is 3. The molecule has 10 heteroatoms. The number of benzene rings is 1. The first kappa shape index (κ1) is 25.0. The molecule has 32 heavy (non-hydrogen) atoms. The van der Waals surface area contributed by atoms with Crippen LogP contribution in [0.15, 0.2) is 48.8 Å². The summed E-state index contributed by atoms with van der Waals surface area (Å²) in [7, 11) is 0. The quantitative estimate of drug-likeness (QED) is 0.530. The zero-order valence-corrected chi connectivity index (χ0v) is 17.9. The van der Waals surface area contributed by atoms with Crippen LogP contribution in [0.2, 0.25) is 0 Å². The molecule has 0 saturated carbocycles. The van der Waals surface area contributed by atoms with Crippen LogP contribution in [0.3, 0.4) is 0 Å². The third kappa shape index (κ3) is 7.16. The Labute approximate surface area is 183 Å². The molecule has 0 aliphatic carbocycles. The van der Waals surface area contributed by atoms with Gasteiger partial charge in [0.25, 0.3) is 0 Å². The van der Waals surface area contributed by atoms with E-state index >= 15 is 0 Å². The van der Waals surface area contributed by atoms with Gasteiger partial charge in [0.1, 0.15) is 22.7 Å². The van der Waals surface area contributed by atoms with Crippen LogP contribution in [-0.2, 0) is 4.79 Å². The van der Waals surface area contributed by atoms with Crippen molar-refractivity contribution in [2.24, 2.45) is 0 Å². The number of pyridine rings is 1. The summed E-state index contributed by atoms with van der Waals surface area (Å²) in [6, 6.07) is 11.8. The van der Waals surface area contributed by atoms with Crippen molar-refractivity contribution in [2.45, 2.75) is 39.0 Å². The molecule has 0 bridgehead atoms. The molecular weight excluding hydrogens is 429 g/mol. The van der Waals surface area contributed by atoms with Gasteiger partial charge < -0.3 is 19.7 Å². The van der Waals surface area contributed by atoms with E-state index in [1.807, 2.05) is 67.8 Å². The molecule has 0 fully saturated rings. The van der Waals surface area contributed by atoms with E-state index in [1.54, 1.807) is 6.20 Å². The van der Waals surface area contributed by atoms with E-state index in [1.165, 1.54) is 0 Å². The molecule has 3 rings (SSSR count). The highest BCUT2D eigenvalue weighted by Gasteiger charge is 2.38. The first-order valence-electron chi connectivity index (χ1n) is 9.71. The molecule has 0 saturated heterocycles. The standard InChI is InChI=1S/C20H24N2O3.C2HF3O2/c1-20(2,3)25-15-8-9-16(18(14-15)24-13-5-12-23)17-6-4-7-19-21-10-11-22(17)19;3-2(4,5)1(6)7/h4,6-11,14,23H,5,12-13H2,1-3H3;(H,6,7). The third-order valence-corrected chi connectivity index (χ3v) is 3.88. The van der Waals surface area contributed by atoms with Crippen LogP contribution in [0.4, 0.5) is 13.2 Å². The van der Waals surface area contributed by atoms with Gasteiger partial charge in [0.05, 0.1) is 12.3 Å². The average Bonchev–Trinajstić information content (AvgIpc) is 3.16. The highest BCUT2D eigenvalue weighted by atomic mass is 19.4. The average molecular weight is 454 g/mol. The summed E-state index contributed by atoms with van der Waals surface area (Å²) in [4.78, 5) is 13.2. The van der Waals surface area contributed by atoms with Gasteiger partial charge in [-0.1, -0.05) is 6.07 Å². The fraction of sp³-hybridized carbons (Fsp3) is 0.364. The number of ether oxygens (including phenoxy) is 2. The van der Waals surface area contributed by atoms with E-state index in [0.717, 1.165) is 28.4 Å². The number of aliphatic carboxylic acids is 1. The van der Waals surface area contributed by atoms with Crippen molar-refractivity contribution in [3.05, 3.63) is 48.8 Å². The number of nitrogens with zero attached hydrogens (tertiary/aromatic N) is 2. The fourth-order valence-electron chi connectivity index (χ4n) is 2.66. The Bertz CT molecular complexity index is 1040. The number of imidazole rings is 1. The Balaban J connectivity index is 0.000000451. The molecule has 0 aliphatic heterocycles. The Morgan fingerprint density at radius 2 is 1.84 bits per heavy atom. The molecule has 3 aromatic rings. The number of carboxylic acid groups (broad SMARTS) is 1. The minimum Gasteiger partial charge on any atom is -0.493 e. The molecule has 7 nitrogen and oxygen atoms in total. The maximum absolute atomic E-state index is 10.6. The Morgan fingerprint density at radius 1 is 1.16 bits per heavy atom. The summed E-state index contributed by atoms with van der Waals surface area (Å²) in [5, 5.41) is 16.2. The fourth-order valence-corrected chi connectivity index (χ4v) is 2.66. The number of halogens is 3. The van der Waals surface area contributed by atoms with Crippen molar-refractivity contribution in [3.63, 3.8) is 0 Å². The van der Waals surface area contributed by atoms with Crippen molar-refractivity contribution < 1.29 is 37.7 Å². The zero-order valence-electron chi connectivity index (χ0n) is 17.9. The SMILES string of the molecule is CC(C)(C)Oc1ccc(-c2cccc3nccn23)c(OCCCO)c1.O=C(O)C(F)(F)F. The van der Waals surface area contributed by atoms with Crippen molar-refractivity contribution in [2.75, 3.05) is 13.2 Å². The summed E-state index contributed by atoms with van der Waals surface area (Å²) in [5.41, 5.74) is 2.56. The highest BCUT2D eigenvalue weighted by Crippen LogP contribution is 2.35. The van der Waals surface area contributed by atoms with Gasteiger partial charge in [-0.05, 0) is 45.0 Å². The molecule has 2 heterocycles. The minimum absolute atomic E-state index is 0.102. The van der Waals surface area contributed by atoms with Gasteiger partial charge in [0.15, 0.2) is 0 Å². The Hall–Kier alpha value is -3.27. The molecule has 0 aliphatic rings. The Morgan fingerprint density at radius 3 is 2.44 bits per heavy atom. The van der Waals surface area contributed by atoms with E-state index in [0.29, 0.717) is 13.0 Å². The van der Waals surface area contributed by atoms with Crippen molar-refractivity contribution in [1.29, 1.82) is 0 Å². The molecule has 0 atom stereocenters. The topological polar surface area (TPSA) is 93.3 Å². The van der Waals surface area contributed by atoms with Crippen LogP contribution in [0.5, 0.6) is 11.5 Å². The molecule has 174 valence electrons. The largest absolute Gasteiger partial charge is 0.493 e. The molecule has 0 amide bonds. The number of aliphatic hydroxyl groups is 1. The van der Waals surface area contributed by atoms with Crippen LogP contribution < -0.4 is 9.47 Å². The number of carboxylic acids is 1. The summed E-state index contributed by atoms with van der Waals surface area (Å²) < 4.78 is 45.7. The van der Waals surface area contributed by atoms with Gasteiger partial charge >= 0.3 is 12.1 Å². The van der Waals surface area contributed by atoms with Gasteiger partial charge in [-0.25, -0.2) is 9.78 Å². The lowest BCUT2D eigenvalue weighted by molar-refractivity contribution is -0.192. The summed E-state index contributed by atoms with van der Waals surface area (Å²) in [5.74, 6) is -1.27. The molecule has 2 aromatic heterocycles.